The first kappa shape index (κ1) is 16.1. The maximum Gasteiger partial charge on any atom is 0.258 e. The van der Waals surface area contributed by atoms with Crippen molar-refractivity contribution >= 4 is 39.6 Å². The van der Waals surface area contributed by atoms with E-state index in [0.29, 0.717) is 23.0 Å². The molecule has 1 fully saturated rings. The fourth-order valence-corrected chi connectivity index (χ4v) is 3.87. The number of thiazole rings is 1. The van der Waals surface area contributed by atoms with Gasteiger partial charge in [-0.05, 0) is 30.2 Å². The Balaban J connectivity index is 1.55. The molecule has 0 spiro atoms. The van der Waals surface area contributed by atoms with E-state index in [9.17, 15) is 9.59 Å². The molecule has 0 aliphatic carbocycles. The molecule has 0 radical (unpaired) electrons. The number of carbonyl (C=O) groups excluding carboxylic acids is 2. The summed E-state index contributed by atoms with van der Waals surface area (Å²) in [6.07, 6.45) is 2.45. The summed E-state index contributed by atoms with van der Waals surface area (Å²) in [5.41, 5.74) is 1.35. The molecule has 1 aliphatic heterocycles. The number of aromatic nitrogens is 1. The molecule has 1 saturated heterocycles. The fraction of sp³-hybridized carbons (Fsp3) is 0.438. The predicted molar refractivity (Wildman–Crippen MR) is 93.1 cm³/mol. The van der Waals surface area contributed by atoms with E-state index < -0.39 is 0 Å². The highest BCUT2D eigenvalue weighted by molar-refractivity contribution is 7.14. The Morgan fingerprint density at radius 2 is 2.13 bits per heavy atom. The smallest absolute Gasteiger partial charge is 0.258 e. The lowest BCUT2D eigenvalue weighted by atomic mass is 9.99. The van der Waals surface area contributed by atoms with Crippen molar-refractivity contribution in [1.82, 2.24) is 9.88 Å². The number of piperidine rings is 1. The van der Waals surface area contributed by atoms with E-state index in [2.05, 4.69) is 17.2 Å². The van der Waals surface area contributed by atoms with Crippen molar-refractivity contribution in [3.8, 4) is 0 Å². The molecule has 2 aromatic rings. The van der Waals surface area contributed by atoms with Crippen molar-refractivity contribution in [2.45, 2.75) is 26.2 Å². The quantitative estimate of drug-likeness (QED) is 0.921. The zero-order chi connectivity index (χ0) is 16.2. The average molecular weight is 349 g/mol. The van der Waals surface area contributed by atoms with E-state index in [0.717, 1.165) is 31.6 Å². The maximum atomic E-state index is 12.3. The maximum absolute atomic E-state index is 12.3. The SMILES string of the molecule is CC1CCN(C(=O)Cc2csc(NC(=O)c3ccsc3)n2)CC1. The van der Waals surface area contributed by atoms with Crippen LogP contribution < -0.4 is 5.32 Å². The molecule has 3 rings (SSSR count). The molecule has 1 aliphatic rings. The number of rotatable bonds is 4. The van der Waals surface area contributed by atoms with Gasteiger partial charge in [0.05, 0.1) is 17.7 Å². The molecule has 2 aromatic heterocycles. The van der Waals surface area contributed by atoms with E-state index in [1.165, 1.54) is 22.7 Å². The molecule has 0 saturated carbocycles. The minimum absolute atomic E-state index is 0.123. The Morgan fingerprint density at radius 3 is 2.83 bits per heavy atom. The second-order valence-corrected chi connectivity index (χ2v) is 7.49. The van der Waals surface area contributed by atoms with Crippen LogP contribution in [0.5, 0.6) is 0 Å². The van der Waals surface area contributed by atoms with E-state index in [1.54, 1.807) is 11.4 Å². The molecular formula is C16H19N3O2S2. The summed E-state index contributed by atoms with van der Waals surface area (Å²) >= 11 is 2.83. The topological polar surface area (TPSA) is 62.3 Å². The number of amides is 2. The number of nitrogens with one attached hydrogen (secondary N) is 1. The molecule has 23 heavy (non-hydrogen) atoms. The van der Waals surface area contributed by atoms with E-state index in [-0.39, 0.29) is 11.8 Å². The van der Waals surface area contributed by atoms with Crippen LogP contribution in [0.25, 0.3) is 0 Å². The second-order valence-electron chi connectivity index (χ2n) is 5.85. The number of anilines is 1. The van der Waals surface area contributed by atoms with Gasteiger partial charge in [-0.2, -0.15) is 11.3 Å². The second kappa shape index (κ2) is 7.23. The Kier molecular flexibility index (Phi) is 5.07. The molecule has 7 heteroatoms. The van der Waals surface area contributed by atoms with Gasteiger partial charge in [-0.1, -0.05) is 6.92 Å². The van der Waals surface area contributed by atoms with Crippen molar-refractivity contribution in [2.75, 3.05) is 18.4 Å². The van der Waals surface area contributed by atoms with Crippen LogP contribution in [0.1, 0.15) is 35.8 Å². The first-order valence-electron chi connectivity index (χ1n) is 7.67. The monoisotopic (exact) mass is 349 g/mol. The van der Waals surface area contributed by atoms with Crippen LogP contribution in [-0.4, -0.2) is 34.8 Å². The molecule has 0 bridgehead atoms. The molecule has 2 amide bonds. The normalized spacial score (nSPS) is 15.6. The van der Waals surface area contributed by atoms with Gasteiger partial charge < -0.3 is 4.90 Å². The summed E-state index contributed by atoms with van der Waals surface area (Å²) in [6, 6.07) is 1.77. The summed E-state index contributed by atoms with van der Waals surface area (Å²) in [4.78, 5) is 30.5. The molecule has 1 N–H and O–H groups in total. The summed E-state index contributed by atoms with van der Waals surface area (Å²) in [5, 5.41) is 8.81. The third-order valence-corrected chi connectivity index (χ3v) is 5.51. The number of thiophene rings is 1. The molecular weight excluding hydrogens is 330 g/mol. The number of hydrogen-bond acceptors (Lipinski definition) is 5. The standard InChI is InChI=1S/C16H19N3O2S2/c1-11-2-5-19(6-3-11)14(20)8-13-10-23-16(17-13)18-15(21)12-4-7-22-9-12/h4,7,9-11H,2-3,5-6,8H2,1H3,(H,17,18,21). The van der Waals surface area contributed by atoms with Crippen LogP contribution in [0.4, 0.5) is 5.13 Å². The first-order valence-corrected chi connectivity index (χ1v) is 9.50. The minimum Gasteiger partial charge on any atom is -0.342 e. The zero-order valence-electron chi connectivity index (χ0n) is 12.9. The third-order valence-electron chi connectivity index (χ3n) is 4.02. The van der Waals surface area contributed by atoms with Gasteiger partial charge >= 0.3 is 0 Å². The molecule has 0 unspecified atom stereocenters. The molecule has 3 heterocycles. The van der Waals surface area contributed by atoms with Gasteiger partial charge in [0, 0.05) is 23.8 Å². The highest BCUT2D eigenvalue weighted by atomic mass is 32.1. The summed E-state index contributed by atoms with van der Waals surface area (Å²) < 4.78 is 0. The lowest BCUT2D eigenvalue weighted by Crippen LogP contribution is -2.38. The van der Waals surface area contributed by atoms with Crippen molar-refractivity contribution in [3.05, 3.63) is 33.5 Å². The van der Waals surface area contributed by atoms with Gasteiger partial charge in [-0.25, -0.2) is 4.98 Å². The van der Waals surface area contributed by atoms with Crippen LogP contribution in [0.3, 0.4) is 0 Å². The van der Waals surface area contributed by atoms with Crippen molar-refractivity contribution in [3.63, 3.8) is 0 Å². The van der Waals surface area contributed by atoms with Crippen LogP contribution in [0.2, 0.25) is 0 Å². The molecule has 122 valence electrons. The number of hydrogen-bond donors (Lipinski definition) is 1. The Morgan fingerprint density at radius 1 is 1.35 bits per heavy atom. The third kappa shape index (κ3) is 4.17. The van der Waals surface area contributed by atoms with E-state index in [1.807, 2.05) is 15.7 Å². The van der Waals surface area contributed by atoms with Crippen molar-refractivity contribution in [2.24, 2.45) is 5.92 Å². The van der Waals surface area contributed by atoms with Crippen molar-refractivity contribution in [1.29, 1.82) is 0 Å². The molecule has 0 aromatic carbocycles. The number of nitrogens with zero attached hydrogens (tertiary/aromatic N) is 2. The Bertz CT molecular complexity index is 673. The van der Waals surface area contributed by atoms with Gasteiger partial charge in [0.2, 0.25) is 5.91 Å². The fourth-order valence-electron chi connectivity index (χ4n) is 2.53. The van der Waals surface area contributed by atoms with Crippen LogP contribution in [-0.2, 0) is 11.2 Å². The van der Waals surface area contributed by atoms with E-state index >= 15 is 0 Å². The van der Waals surface area contributed by atoms with Gasteiger partial charge in [0.1, 0.15) is 0 Å². The summed E-state index contributed by atoms with van der Waals surface area (Å²) in [7, 11) is 0. The molecule has 5 nitrogen and oxygen atoms in total. The highest BCUT2D eigenvalue weighted by Gasteiger charge is 2.21. The number of likely N-dealkylation sites (tertiary alicyclic amines) is 1. The number of carbonyl (C=O) groups is 2. The van der Waals surface area contributed by atoms with Crippen molar-refractivity contribution < 1.29 is 9.59 Å². The van der Waals surface area contributed by atoms with E-state index in [4.69, 9.17) is 0 Å². The van der Waals surface area contributed by atoms with Crippen LogP contribution in [0, 0.1) is 5.92 Å². The van der Waals surface area contributed by atoms with Crippen LogP contribution in [0.15, 0.2) is 22.2 Å². The largest absolute Gasteiger partial charge is 0.342 e. The molecule has 0 atom stereocenters. The Labute approximate surface area is 143 Å². The van der Waals surface area contributed by atoms with Gasteiger partial charge in [-0.3, -0.25) is 14.9 Å². The van der Waals surface area contributed by atoms with Gasteiger partial charge in [0.15, 0.2) is 5.13 Å². The minimum atomic E-state index is -0.163. The van der Waals surface area contributed by atoms with Crippen LogP contribution >= 0.6 is 22.7 Å². The summed E-state index contributed by atoms with van der Waals surface area (Å²) in [5.74, 6) is 0.665. The van der Waals surface area contributed by atoms with Gasteiger partial charge in [-0.15, -0.1) is 11.3 Å². The van der Waals surface area contributed by atoms with Gasteiger partial charge in [0.25, 0.3) is 5.91 Å². The predicted octanol–water partition coefficient (Wildman–Crippen LogP) is 3.26. The summed E-state index contributed by atoms with van der Waals surface area (Å²) in [6.45, 7) is 3.91. The average Bonchev–Trinajstić information content (AvgIpc) is 3.19. The first-order chi connectivity index (χ1) is 11.1. The Hall–Kier alpha value is -1.73. The lowest BCUT2D eigenvalue weighted by Gasteiger charge is -2.30. The zero-order valence-corrected chi connectivity index (χ0v) is 14.6. The lowest BCUT2D eigenvalue weighted by molar-refractivity contribution is -0.131. The highest BCUT2D eigenvalue weighted by Crippen LogP contribution is 2.20.